The number of amides is 1. The van der Waals surface area contributed by atoms with Crippen LogP contribution in [0.4, 0.5) is 0 Å². The number of allylic oxidation sites excluding steroid dienone is 1. The molecule has 1 atom stereocenters. The van der Waals surface area contributed by atoms with Crippen molar-refractivity contribution in [3.8, 4) is 0 Å². The molecule has 0 aromatic heterocycles. The first-order chi connectivity index (χ1) is 8.20. The largest absolute Gasteiger partial charge is 0.352 e. The van der Waals surface area contributed by atoms with E-state index >= 15 is 0 Å². The monoisotopic (exact) mass is 236 g/mol. The van der Waals surface area contributed by atoms with E-state index in [0.717, 1.165) is 24.6 Å². The smallest absolute Gasteiger partial charge is 0.246 e. The van der Waals surface area contributed by atoms with Gasteiger partial charge in [0, 0.05) is 24.7 Å². The highest BCUT2D eigenvalue weighted by Gasteiger charge is 2.34. The first-order valence-corrected chi connectivity index (χ1v) is 6.89. The maximum absolute atomic E-state index is 11.7. The zero-order valence-corrected chi connectivity index (χ0v) is 11.0. The Morgan fingerprint density at radius 1 is 1.41 bits per heavy atom. The van der Waals surface area contributed by atoms with Gasteiger partial charge in [-0.1, -0.05) is 13.0 Å². The van der Waals surface area contributed by atoms with Crippen LogP contribution in [0.25, 0.3) is 0 Å². The highest BCUT2D eigenvalue weighted by Crippen LogP contribution is 2.31. The van der Waals surface area contributed by atoms with Crippen molar-refractivity contribution in [2.24, 2.45) is 5.92 Å². The fourth-order valence-electron chi connectivity index (χ4n) is 2.58. The Hall–Kier alpha value is -0.830. The summed E-state index contributed by atoms with van der Waals surface area (Å²) in [5.74, 6) is 0.769. The lowest BCUT2D eigenvalue weighted by Crippen LogP contribution is -2.31. The first-order valence-electron chi connectivity index (χ1n) is 6.89. The van der Waals surface area contributed by atoms with Gasteiger partial charge in [0.05, 0.1) is 0 Å². The molecule has 0 aromatic rings. The molecule has 1 aliphatic heterocycles. The number of carbonyl (C=O) groups excluding carboxylic acids is 1. The summed E-state index contributed by atoms with van der Waals surface area (Å²) in [6.07, 6.45) is 6.93. The topological polar surface area (TPSA) is 32.3 Å². The molecule has 0 radical (unpaired) electrons. The number of carbonyl (C=O) groups is 1. The third-order valence-electron chi connectivity index (χ3n) is 3.80. The van der Waals surface area contributed by atoms with Gasteiger partial charge in [0.15, 0.2) is 0 Å². The summed E-state index contributed by atoms with van der Waals surface area (Å²) in [6.45, 7) is 7.21. The minimum absolute atomic E-state index is 0.108. The van der Waals surface area contributed by atoms with Crippen molar-refractivity contribution in [1.29, 1.82) is 0 Å². The Balaban J connectivity index is 1.68. The number of rotatable bonds is 5. The van der Waals surface area contributed by atoms with Gasteiger partial charge in [-0.2, -0.15) is 0 Å². The molecule has 1 heterocycles. The third kappa shape index (κ3) is 3.56. The van der Waals surface area contributed by atoms with E-state index in [4.69, 9.17) is 0 Å². The van der Waals surface area contributed by atoms with Crippen molar-refractivity contribution >= 4 is 5.91 Å². The Morgan fingerprint density at radius 3 is 2.82 bits per heavy atom. The molecule has 0 bridgehead atoms. The van der Waals surface area contributed by atoms with Crippen LogP contribution in [-0.4, -0.2) is 36.5 Å². The van der Waals surface area contributed by atoms with Crippen LogP contribution in [-0.2, 0) is 4.79 Å². The molecule has 1 amide bonds. The van der Waals surface area contributed by atoms with Crippen LogP contribution in [0, 0.1) is 5.92 Å². The van der Waals surface area contributed by atoms with Gasteiger partial charge in [-0.15, -0.1) is 0 Å². The molecule has 1 saturated heterocycles. The summed E-state index contributed by atoms with van der Waals surface area (Å²) in [5.41, 5.74) is 0.851. The minimum atomic E-state index is 0.108. The van der Waals surface area contributed by atoms with Crippen molar-refractivity contribution in [3.63, 3.8) is 0 Å². The Bertz CT molecular complexity index is 307. The molecule has 2 aliphatic rings. The second-order valence-electron chi connectivity index (χ2n) is 5.39. The average Bonchev–Trinajstić information content (AvgIpc) is 3.06. The highest BCUT2D eigenvalue weighted by atomic mass is 16.1. The molecular formula is C14H24N2O. The number of likely N-dealkylation sites (tertiary alicyclic amines) is 1. The van der Waals surface area contributed by atoms with Gasteiger partial charge in [-0.25, -0.2) is 0 Å². The van der Waals surface area contributed by atoms with Crippen LogP contribution in [0.3, 0.4) is 0 Å². The second-order valence-corrected chi connectivity index (χ2v) is 5.39. The number of hydrogen-bond acceptors (Lipinski definition) is 2. The fourth-order valence-corrected chi connectivity index (χ4v) is 2.58. The summed E-state index contributed by atoms with van der Waals surface area (Å²) in [4.78, 5) is 14.3. The molecule has 1 aliphatic carbocycles. The molecule has 1 N–H and O–H groups in total. The quantitative estimate of drug-likeness (QED) is 0.740. The van der Waals surface area contributed by atoms with Crippen LogP contribution in [0.1, 0.15) is 39.5 Å². The van der Waals surface area contributed by atoms with E-state index in [1.807, 2.05) is 13.0 Å². The maximum Gasteiger partial charge on any atom is 0.246 e. The third-order valence-corrected chi connectivity index (χ3v) is 3.80. The fraction of sp³-hybridized carbons (Fsp3) is 0.786. The number of hydrogen-bond donors (Lipinski definition) is 1. The van der Waals surface area contributed by atoms with E-state index < -0.39 is 0 Å². The lowest BCUT2D eigenvalue weighted by atomic mass is 10.1. The van der Waals surface area contributed by atoms with Crippen molar-refractivity contribution < 1.29 is 4.79 Å². The van der Waals surface area contributed by atoms with Crippen molar-refractivity contribution in [2.45, 2.75) is 45.6 Å². The van der Waals surface area contributed by atoms with Gasteiger partial charge in [0.1, 0.15) is 0 Å². The summed E-state index contributed by atoms with van der Waals surface area (Å²) >= 11 is 0. The first kappa shape index (κ1) is 12.6. The van der Waals surface area contributed by atoms with Crippen LogP contribution < -0.4 is 5.32 Å². The van der Waals surface area contributed by atoms with E-state index in [1.54, 1.807) is 0 Å². The molecule has 0 aromatic carbocycles. The van der Waals surface area contributed by atoms with E-state index in [2.05, 4.69) is 17.1 Å². The van der Waals surface area contributed by atoms with Crippen LogP contribution >= 0.6 is 0 Å². The predicted octanol–water partition coefficient (Wildman–Crippen LogP) is 1.94. The molecule has 3 nitrogen and oxygen atoms in total. The molecule has 96 valence electrons. The molecule has 0 unspecified atom stereocenters. The zero-order chi connectivity index (χ0) is 12.3. The van der Waals surface area contributed by atoms with E-state index in [9.17, 15) is 4.79 Å². The number of nitrogens with one attached hydrogen (secondary N) is 1. The standard InChI is InChI=1S/C14H24N2O/c1-3-4-11(2)14(17)15-9-12-7-8-16(10-12)13-5-6-13/h4,12-13H,3,5-10H2,1-2H3,(H,15,17)/b11-4+/t12-/m0/s1. The Kier molecular flexibility index (Phi) is 4.21. The molecule has 17 heavy (non-hydrogen) atoms. The predicted molar refractivity (Wildman–Crippen MR) is 69.8 cm³/mol. The van der Waals surface area contributed by atoms with Gasteiger partial charge in [0.2, 0.25) is 5.91 Å². The average molecular weight is 236 g/mol. The summed E-state index contributed by atoms with van der Waals surface area (Å²) in [7, 11) is 0. The van der Waals surface area contributed by atoms with Crippen LogP contribution in [0.2, 0.25) is 0 Å². The molecule has 1 saturated carbocycles. The molecule has 0 spiro atoms. The SMILES string of the molecule is CC/C=C(\C)C(=O)NC[C@@H]1CCN(C2CC2)C1. The van der Waals surface area contributed by atoms with E-state index in [0.29, 0.717) is 5.92 Å². The van der Waals surface area contributed by atoms with Crippen molar-refractivity contribution in [2.75, 3.05) is 19.6 Å². The molecular weight excluding hydrogens is 212 g/mol. The maximum atomic E-state index is 11.7. The molecule has 2 rings (SSSR count). The lowest BCUT2D eigenvalue weighted by molar-refractivity contribution is -0.117. The zero-order valence-electron chi connectivity index (χ0n) is 11.0. The normalized spacial score (nSPS) is 26.2. The number of nitrogens with zero attached hydrogens (tertiary/aromatic N) is 1. The summed E-state index contributed by atoms with van der Waals surface area (Å²) in [6, 6.07) is 0.873. The highest BCUT2D eigenvalue weighted by molar-refractivity contribution is 5.92. The van der Waals surface area contributed by atoms with Crippen LogP contribution in [0.5, 0.6) is 0 Å². The van der Waals surface area contributed by atoms with E-state index in [1.165, 1.54) is 32.4 Å². The Labute approximate surface area is 104 Å². The van der Waals surface area contributed by atoms with Crippen molar-refractivity contribution in [3.05, 3.63) is 11.6 Å². The van der Waals surface area contributed by atoms with Crippen molar-refractivity contribution in [1.82, 2.24) is 10.2 Å². The van der Waals surface area contributed by atoms with Gasteiger partial charge in [-0.3, -0.25) is 4.79 Å². The second kappa shape index (κ2) is 5.67. The molecule has 3 heteroatoms. The van der Waals surface area contributed by atoms with Gasteiger partial charge >= 0.3 is 0 Å². The van der Waals surface area contributed by atoms with Gasteiger partial charge in [-0.05, 0) is 45.1 Å². The summed E-state index contributed by atoms with van der Waals surface area (Å²) in [5, 5.41) is 3.06. The minimum Gasteiger partial charge on any atom is -0.352 e. The Morgan fingerprint density at radius 2 is 2.18 bits per heavy atom. The van der Waals surface area contributed by atoms with Crippen LogP contribution in [0.15, 0.2) is 11.6 Å². The van der Waals surface area contributed by atoms with Gasteiger partial charge < -0.3 is 10.2 Å². The lowest BCUT2D eigenvalue weighted by Gasteiger charge is -2.15. The van der Waals surface area contributed by atoms with E-state index in [-0.39, 0.29) is 5.91 Å². The van der Waals surface area contributed by atoms with Gasteiger partial charge in [0.25, 0.3) is 0 Å². The summed E-state index contributed by atoms with van der Waals surface area (Å²) < 4.78 is 0. The molecule has 2 fully saturated rings.